The molecule has 0 spiro atoms. The van der Waals surface area contributed by atoms with Crippen LogP contribution in [0, 0.1) is 0 Å². The smallest absolute Gasteiger partial charge is 0.160 e. The normalized spacial score (nSPS) is 12.6. The van der Waals surface area contributed by atoms with Crippen molar-refractivity contribution in [3.63, 3.8) is 0 Å². The fraction of sp³-hybridized carbons (Fsp3) is 0.0455. The summed E-state index contributed by atoms with van der Waals surface area (Å²) in [5.41, 5.74) is 13.2. The molecule has 1 aliphatic carbocycles. The second-order valence-electron chi connectivity index (χ2n) is 12.0. The van der Waals surface area contributed by atoms with Crippen LogP contribution in [0.25, 0.3) is 72.3 Å². The van der Waals surface area contributed by atoms with Gasteiger partial charge in [0.2, 0.25) is 0 Å². The van der Waals surface area contributed by atoms with Crippen molar-refractivity contribution in [2.75, 3.05) is 0 Å². The van der Waals surface area contributed by atoms with Crippen molar-refractivity contribution in [1.82, 2.24) is 9.97 Å². The van der Waals surface area contributed by atoms with Gasteiger partial charge in [-0.25, -0.2) is 9.97 Å². The van der Waals surface area contributed by atoms with Crippen molar-refractivity contribution >= 4 is 27.4 Å². The van der Waals surface area contributed by atoms with Crippen LogP contribution in [0.5, 0.6) is 0 Å². The fourth-order valence-corrected chi connectivity index (χ4v) is 6.87. The lowest BCUT2D eigenvalue weighted by Crippen LogP contribution is -1.98. The summed E-state index contributed by atoms with van der Waals surface area (Å²) in [7, 11) is 0. The molecule has 2 heterocycles. The van der Waals surface area contributed by atoms with Crippen LogP contribution in [0.2, 0.25) is 0 Å². The van der Waals surface area contributed by atoms with Gasteiger partial charge in [0.15, 0.2) is 5.82 Å². The molecule has 9 rings (SSSR count). The zero-order valence-electron chi connectivity index (χ0n) is 25.7. The predicted octanol–water partition coefficient (Wildman–Crippen LogP) is 11.4. The monoisotopic (exact) mass is 602 g/mol. The van der Waals surface area contributed by atoms with Crippen LogP contribution in [0.4, 0.5) is 0 Å². The highest BCUT2D eigenvalue weighted by atomic mass is 16.3. The Hall–Kier alpha value is -6.06. The molecule has 6 aromatic carbocycles. The molecular weight excluding hydrogens is 572 g/mol. The van der Waals surface area contributed by atoms with Gasteiger partial charge >= 0.3 is 0 Å². The Morgan fingerprint density at radius 3 is 1.98 bits per heavy atom. The first-order valence-electron chi connectivity index (χ1n) is 16.1. The van der Waals surface area contributed by atoms with Gasteiger partial charge in [-0.3, -0.25) is 0 Å². The number of para-hydroxylation sites is 2. The zero-order chi connectivity index (χ0) is 31.2. The van der Waals surface area contributed by atoms with E-state index in [0.29, 0.717) is 5.82 Å². The van der Waals surface area contributed by atoms with Crippen molar-refractivity contribution in [1.29, 1.82) is 0 Å². The maximum atomic E-state index is 6.62. The molecule has 0 unspecified atom stereocenters. The number of fused-ring (bicyclic) bond motifs is 6. The second kappa shape index (κ2) is 11.4. The van der Waals surface area contributed by atoms with Gasteiger partial charge in [0.25, 0.3) is 0 Å². The average molecular weight is 603 g/mol. The predicted molar refractivity (Wildman–Crippen MR) is 193 cm³/mol. The van der Waals surface area contributed by atoms with E-state index in [1.54, 1.807) is 0 Å². The van der Waals surface area contributed by atoms with E-state index in [4.69, 9.17) is 14.4 Å². The molecule has 0 radical (unpaired) electrons. The number of aromatic nitrogens is 2. The highest BCUT2D eigenvalue weighted by molar-refractivity contribution is 6.03. The number of aryl methyl sites for hydroxylation is 1. The third-order valence-electron chi connectivity index (χ3n) is 9.21. The van der Waals surface area contributed by atoms with Crippen molar-refractivity contribution in [2.45, 2.75) is 12.8 Å². The first-order chi connectivity index (χ1) is 23.3. The van der Waals surface area contributed by atoms with Gasteiger partial charge in [-0.15, -0.1) is 0 Å². The molecule has 1 aliphatic rings. The number of hydrogen-bond donors (Lipinski definition) is 0. The van der Waals surface area contributed by atoms with Gasteiger partial charge < -0.3 is 4.42 Å². The van der Waals surface area contributed by atoms with Crippen molar-refractivity contribution in [3.05, 3.63) is 175 Å². The number of benzene rings is 6. The summed E-state index contributed by atoms with van der Waals surface area (Å²) in [6, 6.07) is 53.1. The van der Waals surface area contributed by atoms with E-state index in [1.165, 1.54) is 27.8 Å². The molecule has 3 nitrogen and oxygen atoms in total. The first-order valence-corrected chi connectivity index (χ1v) is 16.1. The van der Waals surface area contributed by atoms with Crippen molar-refractivity contribution in [2.24, 2.45) is 0 Å². The molecule has 0 atom stereocenters. The Morgan fingerprint density at radius 1 is 0.489 bits per heavy atom. The lowest BCUT2D eigenvalue weighted by molar-refractivity contribution is 0.601. The molecule has 8 aromatic rings. The second-order valence-corrected chi connectivity index (χ2v) is 12.0. The Morgan fingerprint density at radius 2 is 1.13 bits per heavy atom. The topological polar surface area (TPSA) is 38.9 Å². The third-order valence-corrected chi connectivity index (χ3v) is 9.21. The van der Waals surface area contributed by atoms with Crippen LogP contribution in [0.3, 0.4) is 0 Å². The summed E-state index contributed by atoms with van der Waals surface area (Å²) in [5.74, 6) is 1.64. The number of rotatable bonds is 4. The molecule has 0 amide bonds. The average Bonchev–Trinajstić information content (AvgIpc) is 3.51. The number of nitrogens with zero attached hydrogens (tertiary/aromatic N) is 2. The van der Waals surface area contributed by atoms with Gasteiger partial charge in [0.05, 0.1) is 11.2 Å². The Kier molecular flexibility index (Phi) is 6.60. The van der Waals surface area contributed by atoms with Crippen LogP contribution >= 0.6 is 0 Å². The van der Waals surface area contributed by atoms with E-state index in [9.17, 15) is 0 Å². The van der Waals surface area contributed by atoms with Crippen LogP contribution in [-0.4, -0.2) is 9.97 Å². The van der Waals surface area contributed by atoms with E-state index in [2.05, 4.69) is 140 Å². The molecule has 3 heteroatoms. The molecule has 0 aliphatic heterocycles. The highest BCUT2D eigenvalue weighted by Gasteiger charge is 2.23. The van der Waals surface area contributed by atoms with E-state index >= 15 is 0 Å². The highest BCUT2D eigenvalue weighted by Crippen LogP contribution is 2.43. The van der Waals surface area contributed by atoms with Gasteiger partial charge in [-0.1, -0.05) is 146 Å². The summed E-state index contributed by atoms with van der Waals surface area (Å²) in [5, 5.41) is 2.19. The zero-order valence-corrected chi connectivity index (χ0v) is 25.7. The van der Waals surface area contributed by atoms with Crippen molar-refractivity contribution in [3.8, 4) is 44.9 Å². The summed E-state index contributed by atoms with van der Waals surface area (Å²) >= 11 is 0. The van der Waals surface area contributed by atoms with E-state index in [1.807, 2.05) is 18.2 Å². The van der Waals surface area contributed by atoms with Crippen LogP contribution in [0.15, 0.2) is 162 Å². The molecule has 0 fully saturated rings. The SMILES string of the molecule is C1=C(c2ccc(-c3nc(-c4ccc(-c5ccccc5)cc4)c4ccccc4n3)cc2)c2oc3ccccc3c2-c2ccccc2CC1. The lowest BCUT2D eigenvalue weighted by atomic mass is 9.88. The number of allylic oxidation sites excluding steroid dienone is 1. The quantitative estimate of drug-likeness (QED) is 0.201. The maximum absolute atomic E-state index is 6.62. The number of furan rings is 1. The van der Waals surface area contributed by atoms with Crippen LogP contribution < -0.4 is 0 Å². The Labute approximate surface area is 273 Å². The Balaban J connectivity index is 1.12. The minimum absolute atomic E-state index is 0.711. The number of hydrogen-bond acceptors (Lipinski definition) is 3. The third kappa shape index (κ3) is 4.84. The van der Waals surface area contributed by atoms with E-state index in [-0.39, 0.29) is 0 Å². The summed E-state index contributed by atoms with van der Waals surface area (Å²) < 4.78 is 6.62. The van der Waals surface area contributed by atoms with Gasteiger partial charge in [-0.2, -0.15) is 0 Å². The molecule has 222 valence electrons. The molecule has 0 saturated carbocycles. The van der Waals surface area contributed by atoms with E-state index in [0.717, 1.165) is 68.4 Å². The maximum Gasteiger partial charge on any atom is 0.160 e. The molecule has 0 saturated heterocycles. The Bertz CT molecular complexity index is 2440. The molecule has 0 bridgehead atoms. The summed E-state index contributed by atoms with van der Waals surface area (Å²) in [6.45, 7) is 0. The minimum Gasteiger partial charge on any atom is -0.455 e. The molecule has 47 heavy (non-hydrogen) atoms. The molecule has 0 N–H and O–H groups in total. The van der Waals surface area contributed by atoms with E-state index < -0.39 is 0 Å². The molecule has 2 aromatic heterocycles. The molecular formula is C44H30N2O. The lowest BCUT2D eigenvalue weighted by Gasteiger charge is -2.16. The minimum atomic E-state index is 0.711. The van der Waals surface area contributed by atoms with Crippen LogP contribution in [-0.2, 0) is 6.42 Å². The summed E-state index contributed by atoms with van der Waals surface area (Å²) in [6.07, 6.45) is 4.25. The van der Waals surface area contributed by atoms with Gasteiger partial charge in [0.1, 0.15) is 11.3 Å². The first kappa shape index (κ1) is 27.3. The fourth-order valence-electron chi connectivity index (χ4n) is 6.87. The van der Waals surface area contributed by atoms with Crippen LogP contribution in [0.1, 0.15) is 23.3 Å². The largest absolute Gasteiger partial charge is 0.455 e. The standard InChI is InChI=1S/C44H30N2O/c1-2-11-29(12-3-1)30-21-25-33(26-22-30)42-37-16-6-8-19-39(37)45-44(46-42)34-27-23-32(24-28-34)36-18-10-14-31-13-4-5-15-35(31)41-38-17-7-9-20-40(38)47-43(36)41/h1-9,11-13,15-28H,10,14H2. The van der Waals surface area contributed by atoms with Crippen molar-refractivity contribution < 1.29 is 4.42 Å². The van der Waals surface area contributed by atoms with Gasteiger partial charge in [0, 0.05) is 33.0 Å². The van der Waals surface area contributed by atoms with Gasteiger partial charge in [-0.05, 0) is 52.8 Å². The summed E-state index contributed by atoms with van der Waals surface area (Å²) in [4.78, 5) is 10.2.